The van der Waals surface area contributed by atoms with Crippen LogP contribution in [-0.2, 0) is 4.74 Å². The van der Waals surface area contributed by atoms with Crippen molar-refractivity contribution in [1.82, 2.24) is 15.0 Å². The van der Waals surface area contributed by atoms with Crippen molar-refractivity contribution >= 4 is 23.4 Å². The van der Waals surface area contributed by atoms with Gasteiger partial charge in [0, 0.05) is 29.6 Å². The van der Waals surface area contributed by atoms with E-state index in [1.165, 1.54) is 25.6 Å². The van der Waals surface area contributed by atoms with Gasteiger partial charge in [-0.2, -0.15) is 11.8 Å². The predicted octanol–water partition coefficient (Wildman–Crippen LogP) is 2.49. The van der Waals surface area contributed by atoms with Crippen LogP contribution >= 0.6 is 11.8 Å². The van der Waals surface area contributed by atoms with E-state index in [9.17, 15) is 0 Å². The van der Waals surface area contributed by atoms with Crippen molar-refractivity contribution in [3.05, 3.63) is 30.1 Å². The van der Waals surface area contributed by atoms with Crippen molar-refractivity contribution in [2.75, 3.05) is 43.2 Å². The summed E-state index contributed by atoms with van der Waals surface area (Å²) >= 11 is 1.99. The molecular weight excluding hydrogens is 360 g/mol. The molecule has 0 aromatic carbocycles. The van der Waals surface area contributed by atoms with E-state index < -0.39 is 0 Å². The Morgan fingerprint density at radius 3 is 2.81 bits per heavy atom. The number of ether oxygens (including phenoxy) is 1. The topological polar surface area (TPSA) is 103 Å². The van der Waals surface area contributed by atoms with Crippen molar-refractivity contribution in [3.8, 4) is 11.4 Å². The van der Waals surface area contributed by atoms with Gasteiger partial charge in [-0.3, -0.25) is 0 Å². The highest BCUT2D eigenvalue weighted by Crippen LogP contribution is 2.40. The van der Waals surface area contributed by atoms with Crippen molar-refractivity contribution in [2.45, 2.75) is 31.1 Å². The smallest absolute Gasteiger partial charge is 0.161 e. The van der Waals surface area contributed by atoms with Gasteiger partial charge in [0.05, 0.1) is 24.9 Å². The summed E-state index contributed by atoms with van der Waals surface area (Å²) in [5, 5.41) is 0.455. The van der Waals surface area contributed by atoms with Gasteiger partial charge < -0.3 is 21.1 Å². The van der Waals surface area contributed by atoms with Crippen LogP contribution < -0.4 is 16.4 Å². The molecule has 4 rings (SSSR count). The summed E-state index contributed by atoms with van der Waals surface area (Å²) < 4.78 is 5.58. The van der Waals surface area contributed by atoms with Crippen LogP contribution in [0.3, 0.4) is 0 Å². The fourth-order valence-electron chi connectivity index (χ4n) is 3.36. The Morgan fingerprint density at radius 1 is 1.26 bits per heavy atom. The molecule has 7 nitrogen and oxygen atoms in total. The summed E-state index contributed by atoms with van der Waals surface area (Å²) in [5.74, 6) is 3.41. The van der Waals surface area contributed by atoms with Gasteiger partial charge in [0.2, 0.25) is 0 Å². The van der Waals surface area contributed by atoms with E-state index >= 15 is 0 Å². The summed E-state index contributed by atoms with van der Waals surface area (Å²) in [6.07, 6.45) is 4.14. The molecule has 0 aliphatic carbocycles. The molecule has 2 unspecified atom stereocenters. The second kappa shape index (κ2) is 9.34. The van der Waals surface area contributed by atoms with Gasteiger partial charge in [-0.15, -0.1) is 0 Å². The minimum absolute atomic E-state index is 0.308. The molecule has 8 heteroatoms. The van der Waals surface area contributed by atoms with Gasteiger partial charge in [-0.05, 0) is 44.7 Å². The number of aromatic nitrogens is 3. The van der Waals surface area contributed by atoms with Crippen LogP contribution in [0, 0.1) is 0 Å². The summed E-state index contributed by atoms with van der Waals surface area (Å²) in [5.41, 5.74) is 12.4. The van der Waals surface area contributed by atoms with Crippen LogP contribution in [-0.4, -0.2) is 53.6 Å². The van der Waals surface area contributed by atoms with E-state index in [0.717, 1.165) is 42.7 Å². The Bertz CT molecular complexity index is 753. The molecule has 2 saturated heterocycles. The monoisotopic (exact) mass is 388 g/mol. The zero-order valence-electron chi connectivity index (χ0n) is 16.0. The van der Waals surface area contributed by atoms with Crippen LogP contribution in [0.25, 0.3) is 11.4 Å². The number of hydrogen-bond donors (Lipinski definition) is 2. The second-order valence-corrected chi connectivity index (χ2v) is 7.87. The van der Waals surface area contributed by atoms with Crippen LogP contribution in [0.2, 0.25) is 0 Å². The molecule has 146 valence electrons. The molecule has 27 heavy (non-hydrogen) atoms. The molecule has 4 heterocycles. The highest BCUT2D eigenvalue weighted by Gasteiger charge is 2.25. The standard InChI is InChI=1S/C18H23N5OS.CH5N/c1-12-11-24-7-6-23(12)17-10-14(15-3-2-8-25-15)21-18(22-17)13-4-5-20-16(19)9-13;1-2/h4-5,9-10,12,15H,2-3,6-8,11H2,1H3,(H2,19,20);2H2,1H3. The number of hydrogen-bond acceptors (Lipinski definition) is 8. The molecule has 0 saturated carbocycles. The lowest BCUT2D eigenvalue weighted by Crippen LogP contribution is -2.44. The number of nitrogens with zero attached hydrogens (tertiary/aromatic N) is 4. The normalized spacial score (nSPS) is 22.3. The average molecular weight is 389 g/mol. The van der Waals surface area contributed by atoms with Crippen molar-refractivity contribution < 1.29 is 4.74 Å². The quantitative estimate of drug-likeness (QED) is 0.827. The summed E-state index contributed by atoms with van der Waals surface area (Å²) in [6.45, 7) is 4.50. The number of pyridine rings is 1. The van der Waals surface area contributed by atoms with Crippen LogP contribution in [0.4, 0.5) is 11.6 Å². The van der Waals surface area contributed by atoms with Gasteiger partial charge in [-0.25, -0.2) is 15.0 Å². The largest absolute Gasteiger partial charge is 0.384 e. The van der Waals surface area contributed by atoms with E-state index in [1.54, 1.807) is 6.20 Å². The van der Waals surface area contributed by atoms with Gasteiger partial charge in [0.15, 0.2) is 5.82 Å². The van der Waals surface area contributed by atoms with E-state index in [-0.39, 0.29) is 0 Å². The van der Waals surface area contributed by atoms with E-state index in [4.69, 9.17) is 20.4 Å². The average Bonchev–Trinajstić information content (AvgIpc) is 3.24. The lowest BCUT2D eigenvalue weighted by Gasteiger charge is -2.34. The third kappa shape index (κ3) is 4.69. The zero-order chi connectivity index (χ0) is 19.2. The number of morpholine rings is 1. The molecule has 2 aliphatic rings. The maximum absolute atomic E-state index is 5.86. The predicted molar refractivity (Wildman–Crippen MR) is 112 cm³/mol. The maximum atomic E-state index is 5.86. The molecule has 4 N–H and O–H groups in total. The van der Waals surface area contributed by atoms with Gasteiger partial charge >= 0.3 is 0 Å². The minimum Gasteiger partial charge on any atom is -0.384 e. The fourth-order valence-corrected chi connectivity index (χ4v) is 4.60. The molecule has 2 aromatic heterocycles. The van der Waals surface area contributed by atoms with Crippen LogP contribution in [0.5, 0.6) is 0 Å². The van der Waals surface area contributed by atoms with E-state index in [2.05, 4.69) is 28.6 Å². The molecule has 0 spiro atoms. The van der Waals surface area contributed by atoms with Crippen molar-refractivity contribution in [2.24, 2.45) is 5.73 Å². The summed E-state index contributed by atoms with van der Waals surface area (Å²) in [6, 6.07) is 6.24. The summed E-state index contributed by atoms with van der Waals surface area (Å²) in [4.78, 5) is 16.1. The molecule has 0 radical (unpaired) electrons. The van der Waals surface area contributed by atoms with Gasteiger partial charge in [0.25, 0.3) is 0 Å². The third-order valence-corrected chi connectivity index (χ3v) is 6.10. The fraction of sp³-hybridized carbons (Fsp3) is 0.526. The number of anilines is 2. The third-order valence-electron chi connectivity index (χ3n) is 4.69. The highest BCUT2D eigenvalue weighted by molar-refractivity contribution is 7.99. The molecule has 2 atom stereocenters. The number of nitrogen functional groups attached to an aromatic ring is 1. The van der Waals surface area contributed by atoms with E-state index in [0.29, 0.717) is 17.1 Å². The van der Waals surface area contributed by atoms with Gasteiger partial charge in [-0.1, -0.05) is 0 Å². The maximum Gasteiger partial charge on any atom is 0.161 e. The van der Waals surface area contributed by atoms with Gasteiger partial charge in [0.1, 0.15) is 11.6 Å². The Morgan fingerprint density at radius 2 is 2.11 bits per heavy atom. The second-order valence-electron chi connectivity index (χ2n) is 6.56. The Kier molecular flexibility index (Phi) is 6.87. The molecular formula is C19H28N6OS. The minimum atomic E-state index is 0.308. The Hall–Kier alpha value is -1.90. The lowest BCUT2D eigenvalue weighted by atomic mass is 10.1. The number of nitrogens with two attached hydrogens (primary N) is 2. The summed E-state index contributed by atoms with van der Waals surface area (Å²) in [7, 11) is 1.50. The number of thioether (sulfide) groups is 1. The first-order chi connectivity index (χ1) is 13.2. The van der Waals surface area contributed by atoms with E-state index in [1.807, 2.05) is 23.9 Å². The first-order valence-corrected chi connectivity index (χ1v) is 10.4. The Balaban J connectivity index is 0.00000102. The molecule has 2 aromatic rings. The van der Waals surface area contributed by atoms with Crippen LogP contribution in [0.1, 0.15) is 30.7 Å². The number of rotatable bonds is 3. The molecule has 0 bridgehead atoms. The lowest BCUT2D eigenvalue weighted by molar-refractivity contribution is 0.0985. The van der Waals surface area contributed by atoms with Crippen LogP contribution in [0.15, 0.2) is 24.4 Å². The highest BCUT2D eigenvalue weighted by atomic mass is 32.2. The molecule has 2 aliphatic heterocycles. The zero-order valence-corrected chi connectivity index (χ0v) is 16.8. The first-order valence-electron chi connectivity index (χ1n) is 9.35. The molecule has 2 fully saturated rings. The Labute approximate surface area is 164 Å². The SMILES string of the molecule is CC1COCCN1c1cc(C2CCCS2)nc(-c2ccnc(N)c2)n1.CN. The van der Waals surface area contributed by atoms with Crippen molar-refractivity contribution in [1.29, 1.82) is 0 Å². The first kappa shape index (κ1) is 19.9. The molecule has 0 amide bonds. The van der Waals surface area contributed by atoms with Crippen molar-refractivity contribution in [3.63, 3.8) is 0 Å².